The number of rotatable bonds is 12. The van der Waals surface area contributed by atoms with Crippen LogP contribution in [0.15, 0.2) is 97.1 Å². The number of carbonyl (C=O) groups excluding carboxylic acids is 2. The topological polar surface area (TPSA) is 58.6 Å². The molecule has 0 bridgehead atoms. The Hall–Kier alpha value is -4.03. The van der Waals surface area contributed by atoms with Crippen molar-refractivity contribution in [2.45, 2.75) is 39.4 Å². The zero-order chi connectivity index (χ0) is 29.2. The van der Waals surface area contributed by atoms with Gasteiger partial charge in [-0.15, -0.1) is 0 Å². The maximum Gasteiger partial charge on any atom is 0.328 e. The van der Waals surface area contributed by atoms with Gasteiger partial charge in [0.05, 0.1) is 7.11 Å². The van der Waals surface area contributed by atoms with E-state index in [2.05, 4.69) is 71.7 Å². The second kappa shape index (κ2) is 14.6. The van der Waals surface area contributed by atoms with Crippen molar-refractivity contribution in [3.05, 3.63) is 125 Å². The van der Waals surface area contributed by atoms with Gasteiger partial charge in [0.25, 0.3) is 5.91 Å². The summed E-state index contributed by atoms with van der Waals surface area (Å²) in [6.07, 6.45) is 2.48. The molecule has 0 unspecified atom stereocenters. The molecule has 1 atom stereocenters. The van der Waals surface area contributed by atoms with Gasteiger partial charge in [-0.3, -0.25) is 4.79 Å². The van der Waals surface area contributed by atoms with E-state index in [1.807, 2.05) is 55.6 Å². The van der Waals surface area contributed by atoms with E-state index in [4.69, 9.17) is 4.74 Å². The van der Waals surface area contributed by atoms with E-state index in [9.17, 15) is 9.59 Å². The van der Waals surface area contributed by atoms with Crippen LogP contribution in [0.3, 0.4) is 0 Å². The number of para-hydroxylation sites is 1. The molecule has 5 nitrogen and oxygen atoms in total. The molecule has 0 aliphatic heterocycles. The molecule has 0 radical (unpaired) electrons. The summed E-state index contributed by atoms with van der Waals surface area (Å²) < 4.78 is 4.97. The minimum atomic E-state index is -0.701. The van der Waals surface area contributed by atoms with Crippen molar-refractivity contribution >= 4 is 29.3 Å². The van der Waals surface area contributed by atoms with Gasteiger partial charge in [-0.05, 0) is 84.4 Å². The number of thioether (sulfide) groups is 1. The summed E-state index contributed by atoms with van der Waals surface area (Å²) in [6, 6.07) is 32.4. The summed E-state index contributed by atoms with van der Waals surface area (Å²) >= 11 is 1.63. The number of anilines is 1. The summed E-state index contributed by atoms with van der Waals surface area (Å²) in [5.41, 5.74) is 8.12. The number of esters is 1. The Morgan fingerprint density at radius 3 is 2.17 bits per heavy atom. The number of carbonyl (C=O) groups is 2. The highest BCUT2D eigenvalue weighted by atomic mass is 32.2. The van der Waals surface area contributed by atoms with E-state index >= 15 is 0 Å². The highest BCUT2D eigenvalue weighted by Crippen LogP contribution is 2.30. The lowest BCUT2D eigenvalue weighted by molar-refractivity contribution is -0.142. The van der Waals surface area contributed by atoms with E-state index in [0.717, 1.165) is 40.2 Å². The van der Waals surface area contributed by atoms with Gasteiger partial charge in [-0.2, -0.15) is 11.8 Å². The highest BCUT2D eigenvalue weighted by molar-refractivity contribution is 7.98. The maximum absolute atomic E-state index is 13.6. The van der Waals surface area contributed by atoms with Crippen LogP contribution in [0, 0.1) is 13.8 Å². The molecule has 4 rings (SSSR count). The predicted molar refractivity (Wildman–Crippen MR) is 170 cm³/mol. The van der Waals surface area contributed by atoms with E-state index in [1.165, 1.54) is 18.2 Å². The number of nitrogens with zero attached hydrogens (tertiary/aromatic N) is 1. The third kappa shape index (κ3) is 8.01. The maximum atomic E-state index is 13.6. The van der Waals surface area contributed by atoms with E-state index in [1.54, 1.807) is 11.8 Å². The standard InChI is InChI=1S/C35H38N2O3S/c1-25-14-16-27(17-15-25)23-37(29-11-6-5-7-12-29)24-28-18-19-31(32(22-28)30-13-9-8-10-26(30)2)34(38)36-33(20-21-41-4)35(39)40-3/h5-19,22,33H,20-21,23-24H2,1-4H3,(H,36,38)/t33-/m0/s1. The van der Waals surface area contributed by atoms with Crippen molar-refractivity contribution in [2.24, 2.45) is 0 Å². The van der Waals surface area contributed by atoms with Crippen molar-refractivity contribution in [1.29, 1.82) is 0 Å². The van der Waals surface area contributed by atoms with Crippen LogP contribution in [0.2, 0.25) is 0 Å². The molecule has 4 aromatic carbocycles. The molecule has 1 amide bonds. The van der Waals surface area contributed by atoms with Crippen LogP contribution in [0.5, 0.6) is 0 Å². The molecule has 0 aliphatic rings. The van der Waals surface area contributed by atoms with Gasteiger partial charge in [0.1, 0.15) is 6.04 Å². The fourth-order valence-electron chi connectivity index (χ4n) is 4.86. The minimum Gasteiger partial charge on any atom is -0.467 e. The molecule has 0 aromatic heterocycles. The number of aryl methyl sites for hydroxylation is 2. The average Bonchev–Trinajstić information content (AvgIpc) is 3.00. The fourth-order valence-corrected chi connectivity index (χ4v) is 5.33. The van der Waals surface area contributed by atoms with Crippen LogP contribution in [0.1, 0.15) is 39.0 Å². The SMILES string of the molecule is COC(=O)[C@H](CCSC)NC(=O)c1ccc(CN(Cc2ccc(C)cc2)c2ccccc2)cc1-c1ccccc1C. The van der Waals surface area contributed by atoms with Gasteiger partial charge in [0.2, 0.25) is 0 Å². The summed E-state index contributed by atoms with van der Waals surface area (Å²) in [5.74, 6) is 0.0156. The summed E-state index contributed by atoms with van der Waals surface area (Å²) in [4.78, 5) is 28.4. The first kappa shape index (κ1) is 29.9. The van der Waals surface area contributed by atoms with Crippen LogP contribution in [-0.2, 0) is 22.6 Å². The number of hydrogen-bond donors (Lipinski definition) is 1. The van der Waals surface area contributed by atoms with Crippen LogP contribution >= 0.6 is 11.8 Å². The van der Waals surface area contributed by atoms with Gasteiger partial charge in [0, 0.05) is 24.3 Å². The molecule has 0 fully saturated rings. The number of ether oxygens (including phenoxy) is 1. The predicted octanol–water partition coefficient (Wildman–Crippen LogP) is 7.20. The zero-order valence-electron chi connectivity index (χ0n) is 24.2. The van der Waals surface area contributed by atoms with Gasteiger partial charge in [-0.25, -0.2) is 4.79 Å². The van der Waals surface area contributed by atoms with Crippen molar-refractivity contribution in [3.8, 4) is 11.1 Å². The van der Waals surface area contributed by atoms with Crippen molar-refractivity contribution in [1.82, 2.24) is 5.32 Å². The Kier molecular flexibility index (Phi) is 10.6. The molecule has 0 heterocycles. The largest absolute Gasteiger partial charge is 0.467 e. The van der Waals surface area contributed by atoms with E-state index < -0.39 is 12.0 Å². The summed E-state index contributed by atoms with van der Waals surface area (Å²) in [6.45, 7) is 5.56. The normalized spacial score (nSPS) is 11.5. The number of hydrogen-bond acceptors (Lipinski definition) is 5. The molecule has 6 heteroatoms. The number of amides is 1. The second-order valence-corrected chi connectivity index (χ2v) is 11.2. The third-order valence-corrected chi connectivity index (χ3v) is 7.80. The van der Waals surface area contributed by atoms with Gasteiger partial charge < -0.3 is 15.0 Å². The first-order valence-corrected chi connectivity index (χ1v) is 15.2. The summed E-state index contributed by atoms with van der Waals surface area (Å²) in [7, 11) is 1.35. The molecule has 212 valence electrons. The lowest BCUT2D eigenvalue weighted by atomic mass is 9.93. The van der Waals surface area contributed by atoms with Crippen LogP contribution in [-0.4, -0.2) is 37.0 Å². The highest BCUT2D eigenvalue weighted by Gasteiger charge is 2.24. The van der Waals surface area contributed by atoms with Crippen LogP contribution < -0.4 is 10.2 Å². The van der Waals surface area contributed by atoms with Crippen molar-refractivity contribution in [2.75, 3.05) is 24.0 Å². The molecule has 0 aliphatic carbocycles. The molecular weight excluding hydrogens is 528 g/mol. The second-order valence-electron chi connectivity index (χ2n) is 10.2. The van der Waals surface area contributed by atoms with Crippen molar-refractivity contribution in [3.63, 3.8) is 0 Å². The molecule has 0 spiro atoms. The smallest absolute Gasteiger partial charge is 0.328 e. The molecule has 4 aromatic rings. The molecule has 0 saturated carbocycles. The van der Waals surface area contributed by atoms with Crippen LogP contribution in [0.25, 0.3) is 11.1 Å². The first-order chi connectivity index (χ1) is 19.9. The fraction of sp³-hybridized carbons (Fsp3) is 0.257. The van der Waals surface area contributed by atoms with Gasteiger partial charge >= 0.3 is 5.97 Å². The molecule has 1 N–H and O–H groups in total. The Morgan fingerprint density at radius 2 is 1.49 bits per heavy atom. The lowest BCUT2D eigenvalue weighted by Crippen LogP contribution is -2.42. The Bertz CT molecular complexity index is 1450. The monoisotopic (exact) mass is 566 g/mol. The number of benzene rings is 4. The lowest BCUT2D eigenvalue weighted by Gasteiger charge is -2.26. The van der Waals surface area contributed by atoms with Crippen LogP contribution in [0.4, 0.5) is 5.69 Å². The Labute approximate surface area is 247 Å². The average molecular weight is 567 g/mol. The Morgan fingerprint density at radius 1 is 0.829 bits per heavy atom. The number of nitrogens with one attached hydrogen (secondary N) is 1. The third-order valence-electron chi connectivity index (χ3n) is 7.15. The quantitative estimate of drug-likeness (QED) is 0.184. The van der Waals surface area contributed by atoms with E-state index in [-0.39, 0.29) is 5.91 Å². The van der Waals surface area contributed by atoms with E-state index in [0.29, 0.717) is 18.5 Å². The van der Waals surface area contributed by atoms with Crippen molar-refractivity contribution < 1.29 is 14.3 Å². The molecule has 41 heavy (non-hydrogen) atoms. The van der Waals surface area contributed by atoms with Gasteiger partial charge in [0.15, 0.2) is 0 Å². The zero-order valence-corrected chi connectivity index (χ0v) is 25.0. The van der Waals surface area contributed by atoms with Gasteiger partial charge in [-0.1, -0.05) is 78.4 Å². The number of methoxy groups -OCH3 is 1. The summed E-state index contributed by atoms with van der Waals surface area (Å²) in [5, 5.41) is 2.93. The first-order valence-electron chi connectivity index (χ1n) is 13.8. The minimum absolute atomic E-state index is 0.286. The molecular formula is C35H38N2O3S. The molecule has 0 saturated heterocycles. The Balaban J connectivity index is 1.70.